The number of halogens is 4. The molecule has 0 atom stereocenters. The van der Waals surface area contributed by atoms with Crippen LogP contribution in [0.4, 0.5) is 24.5 Å². The number of aryl methyl sites for hydroxylation is 1. The first-order chi connectivity index (χ1) is 11.2. The van der Waals surface area contributed by atoms with E-state index in [1.165, 1.54) is 6.07 Å². The van der Waals surface area contributed by atoms with E-state index in [1.54, 1.807) is 31.2 Å². The van der Waals surface area contributed by atoms with Gasteiger partial charge in [-0.15, -0.1) is 0 Å². The largest absolute Gasteiger partial charge is 0.418 e. The SMILES string of the molecule is Cc1cccc(NC(=O)C(=O)Nc2ccc(Cl)cc2C(F)(F)F)c1. The number of hydrogen-bond acceptors (Lipinski definition) is 2. The zero-order chi connectivity index (χ0) is 17.9. The summed E-state index contributed by atoms with van der Waals surface area (Å²) in [6.07, 6.45) is -4.72. The van der Waals surface area contributed by atoms with Gasteiger partial charge in [0.15, 0.2) is 0 Å². The van der Waals surface area contributed by atoms with Gasteiger partial charge in [0.25, 0.3) is 0 Å². The number of carbonyl (C=O) groups excluding carboxylic acids is 2. The van der Waals surface area contributed by atoms with E-state index in [2.05, 4.69) is 5.32 Å². The molecule has 24 heavy (non-hydrogen) atoms. The zero-order valence-corrected chi connectivity index (χ0v) is 13.1. The van der Waals surface area contributed by atoms with Crippen LogP contribution in [0.2, 0.25) is 5.02 Å². The van der Waals surface area contributed by atoms with E-state index in [0.29, 0.717) is 11.8 Å². The van der Waals surface area contributed by atoms with Gasteiger partial charge in [0.05, 0.1) is 11.3 Å². The number of alkyl halides is 3. The Labute approximate surface area is 140 Å². The van der Waals surface area contributed by atoms with E-state index in [0.717, 1.165) is 11.6 Å². The van der Waals surface area contributed by atoms with E-state index in [1.807, 2.05) is 5.32 Å². The molecule has 2 N–H and O–H groups in total. The van der Waals surface area contributed by atoms with Crippen LogP contribution in [0.3, 0.4) is 0 Å². The van der Waals surface area contributed by atoms with Crippen LogP contribution in [0.25, 0.3) is 0 Å². The van der Waals surface area contributed by atoms with Crippen molar-refractivity contribution in [3.8, 4) is 0 Å². The second kappa shape index (κ2) is 6.92. The van der Waals surface area contributed by atoms with Crippen LogP contribution in [0.5, 0.6) is 0 Å². The fourth-order valence-electron chi connectivity index (χ4n) is 1.95. The maximum atomic E-state index is 13.0. The molecule has 0 fully saturated rings. The molecule has 0 aliphatic carbocycles. The summed E-state index contributed by atoms with van der Waals surface area (Å²) in [6, 6.07) is 9.49. The predicted octanol–water partition coefficient (Wildman–Crippen LogP) is 4.24. The first kappa shape index (κ1) is 17.8. The third kappa shape index (κ3) is 4.48. The lowest BCUT2D eigenvalue weighted by Crippen LogP contribution is -2.30. The van der Waals surface area contributed by atoms with Crippen molar-refractivity contribution >= 4 is 34.8 Å². The summed E-state index contributed by atoms with van der Waals surface area (Å²) in [5, 5.41) is 4.13. The van der Waals surface area contributed by atoms with E-state index in [4.69, 9.17) is 11.6 Å². The Kier molecular flexibility index (Phi) is 5.14. The minimum absolute atomic E-state index is 0.135. The topological polar surface area (TPSA) is 58.2 Å². The second-order valence-electron chi connectivity index (χ2n) is 4.97. The van der Waals surface area contributed by atoms with Gasteiger partial charge >= 0.3 is 18.0 Å². The van der Waals surface area contributed by atoms with Gasteiger partial charge in [-0.2, -0.15) is 13.2 Å². The number of carbonyl (C=O) groups is 2. The van der Waals surface area contributed by atoms with Gasteiger partial charge < -0.3 is 10.6 Å². The Balaban J connectivity index is 2.16. The lowest BCUT2D eigenvalue weighted by molar-refractivity contribution is -0.137. The van der Waals surface area contributed by atoms with Crippen LogP contribution in [-0.2, 0) is 15.8 Å². The van der Waals surface area contributed by atoms with Crippen LogP contribution in [0.1, 0.15) is 11.1 Å². The quantitative estimate of drug-likeness (QED) is 0.790. The molecular weight excluding hydrogens is 345 g/mol. The van der Waals surface area contributed by atoms with Crippen molar-refractivity contribution in [2.75, 3.05) is 10.6 Å². The van der Waals surface area contributed by atoms with Gasteiger partial charge in [0, 0.05) is 10.7 Å². The summed E-state index contributed by atoms with van der Waals surface area (Å²) in [7, 11) is 0. The Morgan fingerprint density at radius 3 is 2.29 bits per heavy atom. The van der Waals surface area contributed by atoms with Gasteiger partial charge in [-0.05, 0) is 42.8 Å². The molecule has 2 aromatic rings. The summed E-state index contributed by atoms with van der Waals surface area (Å²) in [4.78, 5) is 23.7. The van der Waals surface area contributed by atoms with E-state index in [-0.39, 0.29) is 5.02 Å². The van der Waals surface area contributed by atoms with E-state index >= 15 is 0 Å². The second-order valence-corrected chi connectivity index (χ2v) is 5.40. The maximum Gasteiger partial charge on any atom is 0.418 e. The minimum atomic E-state index is -4.72. The summed E-state index contributed by atoms with van der Waals surface area (Å²) < 4.78 is 38.9. The Morgan fingerprint density at radius 2 is 1.67 bits per heavy atom. The molecule has 2 aromatic carbocycles. The fourth-order valence-corrected chi connectivity index (χ4v) is 2.12. The average molecular weight is 357 g/mol. The van der Waals surface area contributed by atoms with Gasteiger partial charge in [-0.1, -0.05) is 23.7 Å². The molecule has 0 unspecified atom stereocenters. The molecule has 2 rings (SSSR count). The van der Waals surface area contributed by atoms with Crippen molar-refractivity contribution < 1.29 is 22.8 Å². The highest BCUT2D eigenvalue weighted by atomic mass is 35.5. The van der Waals surface area contributed by atoms with Gasteiger partial charge in [-0.25, -0.2) is 0 Å². The van der Waals surface area contributed by atoms with Crippen molar-refractivity contribution in [2.45, 2.75) is 13.1 Å². The van der Waals surface area contributed by atoms with Crippen LogP contribution >= 0.6 is 11.6 Å². The highest BCUT2D eigenvalue weighted by Crippen LogP contribution is 2.36. The van der Waals surface area contributed by atoms with Crippen molar-refractivity contribution in [1.29, 1.82) is 0 Å². The van der Waals surface area contributed by atoms with Crippen LogP contribution < -0.4 is 10.6 Å². The summed E-state index contributed by atoms with van der Waals surface area (Å²) >= 11 is 5.55. The average Bonchev–Trinajstić information content (AvgIpc) is 2.48. The third-order valence-electron chi connectivity index (χ3n) is 3.02. The molecular formula is C16H12ClF3N2O2. The number of nitrogens with one attached hydrogen (secondary N) is 2. The standard InChI is InChI=1S/C16H12ClF3N2O2/c1-9-3-2-4-11(7-9)21-14(23)15(24)22-13-6-5-10(17)8-12(13)16(18,19)20/h2-8H,1H3,(H,21,23)(H,22,24). The summed E-state index contributed by atoms with van der Waals surface area (Å²) in [5.74, 6) is -2.30. The molecule has 0 bridgehead atoms. The molecule has 8 heteroatoms. The highest BCUT2D eigenvalue weighted by Gasteiger charge is 2.34. The molecule has 0 aliphatic rings. The molecule has 0 heterocycles. The summed E-state index contributed by atoms with van der Waals surface area (Å²) in [6.45, 7) is 1.79. The Bertz CT molecular complexity index is 791. The number of rotatable bonds is 2. The molecule has 0 aliphatic heterocycles. The number of hydrogen-bond donors (Lipinski definition) is 2. The third-order valence-corrected chi connectivity index (χ3v) is 3.25. The smallest absolute Gasteiger partial charge is 0.318 e. The van der Waals surface area contributed by atoms with Crippen molar-refractivity contribution in [1.82, 2.24) is 0 Å². The molecule has 0 saturated heterocycles. The van der Waals surface area contributed by atoms with Crippen LogP contribution in [0, 0.1) is 6.92 Å². The van der Waals surface area contributed by atoms with E-state index < -0.39 is 29.2 Å². The van der Waals surface area contributed by atoms with Crippen molar-refractivity contribution in [3.63, 3.8) is 0 Å². The number of amides is 2. The number of anilines is 2. The minimum Gasteiger partial charge on any atom is -0.318 e. The molecule has 126 valence electrons. The first-order valence-electron chi connectivity index (χ1n) is 6.72. The van der Waals surface area contributed by atoms with Crippen molar-refractivity contribution in [2.24, 2.45) is 0 Å². The number of benzene rings is 2. The lowest BCUT2D eigenvalue weighted by Gasteiger charge is -2.14. The molecule has 0 radical (unpaired) electrons. The monoisotopic (exact) mass is 356 g/mol. The van der Waals surface area contributed by atoms with Gasteiger partial charge in [0.2, 0.25) is 0 Å². The normalized spacial score (nSPS) is 11.0. The van der Waals surface area contributed by atoms with Crippen LogP contribution in [-0.4, -0.2) is 11.8 Å². The molecule has 0 aromatic heterocycles. The van der Waals surface area contributed by atoms with Gasteiger partial charge in [-0.3, -0.25) is 9.59 Å². The Morgan fingerprint density at radius 1 is 1.00 bits per heavy atom. The Hall–Kier alpha value is -2.54. The molecule has 2 amide bonds. The fraction of sp³-hybridized carbons (Fsp3) is 0.125. The van der Waals surface area contributed by atoms with Gasteiger partial charge in [0.1, 0.15) is 0 Å². The zero-order valence-electron chi connectivity index (χ0n) is 12.4. The van der Waals surface area contributed by atoms with E-state index in [9.17, 15) is 22.8 Å². The maximum absolute atomic E-state index is 13.0. The highest BCUT2D eigenvalue weighted by molar-refractivity contribution is 6.43. The molecule has 4 nitrogen and oxygen atoms in total. The molecule has 0 spiro atoms. The first-order valence-corrected chi connectivity index (χ1v) is 7.10. The predicted molar refractivity (Wildman–Crippen MR) is 84.9 cm³/mol. The molecule has 0 saturated carbocycles. The van der Waals surface area contributed by atoms with Crippen LogP contribution in [0.15, 0.2) is 42.5 Å². The summed E-state index contributed by atoms with van der Waals surface area (Å²) in [5.41, 5.74) is -0.462. The lowest BCUT2D eigenvalue weighted by atomic mass is 10.1. The van der Waals surface area contributed by atoms with Crippen molar-refractivity contribution in [3.05, 3.63) is 58.6 Å².